The number of nitrogens with one attached hydrogen (secondary N) is 1. The van der Waals surface area contributed by atoms with E-state index in [0.717, 1.165) is 5.56 Å². The Balaban J connectivity index is 2.16. The summed E-state index contributed by atoms with van der Waals surface area (Å²) in [6.45, 7) is 7.67. The van der Waals surface area contributed by atoms with E-state index in [2.05, 4.69) is 11.9 Å². The van der Waals surface area contributed by atoms with Crippen LogP contribution in [0.2, 0.25) is 0 Å². The predicted molar refractivity (Wildman–Crippen MR) is 69.8 cm³/mol. The molecule has 0 saturated heterocycles. The Bertz CT molecular complexity index is 485. The minimum absolute atomic E-state index is 0.0184. The normalized spacial score (nSPS) is 14.1. The van der Waals surface area contributed by atoms with E-state index in [9.17, 15) is 9.59 Å². The van der Waals surface area contributed by atoms with Crippen molar-refractivity contribution in [3.8, 4) is 0 Å². The molecule has 2 amide bonds. The largest absolute Gasteiger partial charge is 0.352 e. The van der Waals surface area contributed by atoms with Crippen molar-refractivity contribution in [3.05, 3.63) is 42.0 Å². The smallest absolute Gasteiger partial charge is 0.259 e. The molecule has 2 rings (SSSR count). The van der Waals surface area contributed by atoms with Crippen molar-refractivity contribution >= 4 is 17.5 Å². The Labute approximate surface area is 106 Å². The van der Waals surface area contributed by atoms with Crippen LogP contribution >= 0.6 is 0 Å². The Morgan fingerprint density at radius 1 is 1.33 bits per heavy atom. The van der Waals surface area contributed by atoms with E-state index in [4.69, 9.17) is 0 Å². The van der Waals surface area contributed by atoms with Gasteiger partial charge < -0.3 is 5.32 Å². The minimum atomic E-state index is -0.174. The molecule has 94 valence electrons. The Morgan fingerprint density at radius 3 is 2.50 bits per heavy atom. The molecular formula is C14H16N2O2. The van der Waals surface area contributed by atoms with Gasteiger partial charge in [-0.3, -0.25) is 14.5 Å². The first kappa shape index (κ1) is 12.4. The third-order valence-electron chi connectivity index (χ3n) is 2.79. The number of benzene rings is 1. The second kappa shape index (κ2) is 4.64. The third kappa shape index (κ3) is 2.14. The van der Waals surface area contributed by atoms with Gasteiger partial charge in [-0.1, -0.05) is 24.8 Å². The van der Waals surface area contributed by atoms with Gasteiger partial charge in [-0.15, -0.1) is 0 Å². The number of rotatable bonds is 3. The van der Waals surface area contributed by atoms with E-state index in [1.165, 1.54) is 4.90 Å². The maximum absolute atomic E-state index is 12.1. The number of carbonyl (C=O) groups excluding carboxylic acids is 2. The lowest BCUT2D eigenvalue weighted by atomic mass is 10.1. The maximum atomic E-state index is 12.1. The summed E-state index contributed by atoms with van der Waals surface area (Å²) in [6, 6.07) is 7.32. The first-order valence-electron chi connectivity index (χ1n) is 5.90. The van der Waals surface area contributed by atoms with Crippen LogP contribution in [-0.4, -0.2) is 29.3 Å². The molecule has 1 aliphatic rings. The van der Waals surface area contributed by atoms with E-state index in [0.29, 0.717) is 11.3 Å². The predicted octanol–water partition coefficient (Wildman–Crippen LogP) is 1.64. The highest BCUT2D eigenvalue weighted by atomic mass is 16.2. The van der Waals surface area contributed by atoms with Crippen LogP contribution in [0.15, 0.2) is 30.8 Å². The number of hydrogen-bond acceptors (Lipinski definition) is 2. The molecule has 0 bridgehead atoms. The Morgan fingerprint density at radius 2 is 1.94 bits per heavy atom. The fraction of sp³-hybridized carbons (Fsp3) is 0.286. The molecule has 1 N–H and O–H groups in total. The summed E-state index contributed by atoms with van der Waals surface area (Å²) >= 11 is 0. The first-order chi connectivity index (χ1) is 8.50. The highest BCUT2D eigenvalue weighted by molar-refractivity contribution is 6.10. The van der Waals surface area contributed by atoms with Crippen LogP contribution in [0, 0.1) is 0 Å². The zero-order valence-electron chi connectivity index (χ0n) is 10.6. The molecule has 0 atom stereocenters. The summed E-state index contributed by atoms with van der Waals surface area (Å²) in [7, 11) is 0. The Kier molecular flexibility index (Phi) is 3.19. The van der Waals surface area contributed by atoms with Crippen molar-refractivity contribution < 1.29 is 9.59 Å². The molecule has 4 nitrogen and oxygen atoms in total. The average molecular weight is 244 g/mol. The summed E-state index contributed by atoms with van der Waals surface area (Å²) in [6.07, 6.45) is 0. The van der Waals surface area contributed by atoms with Crippen LogP contribution in [0.4, 0.5) is 0 Å². The second-order valence-electron chi connectivity index (χ2n) is 4.61. The minimum Gasteiger partial charge on any atom is -0.352 e. The average Bonchev–Trinajstić information content (AvgIpc) is 2.54. The Hall–Kier alpha value is -2.10. The van der Waals surface area contributed by atoms with Crippen molar-refractivity contribution in [1.29, 1.82) is 0 Å². The molecule has 0 fully saturated rings. The third-order valence-corrected chi connectivity index (χ3v) is 2.79. The molecule has 18 heavy (non-hydrogen) atoms. The van der Waals surface area contributed by atoms with Crippen LogP contribution in [-0.2, 0) is 4.79 Å². The summed E-state index contributed by atoms with van der Waals surface area (Å²) in [5, 5.41) is 2.76. The van der Waals surface area contributed by atoms with Gasteiger partial charge in [0.2, 0.25) is 5.91 Å². The van der Waals surface area contributed by atoms with Gasteiger partial charge in [0.1, 0.15) is 6.54 Å². The van der Waals surface area contributed by atoms with Crippen LogP contribution in [0.5, 0.6) is 0 Å². The number of carbonyl (C=O) groups is 2. The van der Waals surface area contributed by atoms with Crippen LogP contribution in [0.25, 0.3) is 5.70 Å². The van der Waals surface area contributed by atoms with Crippen molar-refractivity contribution in [2.24, 2.45) is 0 Å². The highest BCUT2D eigenvalue weighted by Gasteiger charge is 2.31. The monoisotopic (exact) mass is 244 g/mol. The summed E-state index contributed by atoms with van der Waals surface area (Å²) < 4.78 is 0. The molecule has 1 aromatic rings. The molecule has 0 saturated carbocycles. The summed E-state index contributed by atoms with van der Waals surface area (Å²) in [5.41, 5.74) is 2.01. The number of hydrogen-bond donors (Lipinski definition) is 1. The zero-order valence-corrected chi connectivity index (χ0v) is 10.6. The van der Waals surface area contributed by atoms with Crippen molar-refractivity contribution in [3.63, 3.8) is 0 Å². The zero-order chi connectivity index (χ0) is 13.3. The van der Waals surface area contributed by atoms with Crippen LogP contribution < -0.4 is 5.32 Å². The van der Waals surface area contributed by atoms with Crippen LogP contribution in [0.1, 0.15) is 29.8 Å². The molecule has 4 heteroatoms. The molecule has 1 heterocycles. The molecule has 0 radical (unpaired) electrons. The second-order valence-corrected chi connectivity index (χ2v) is 4.61. The van der Waals surface area contributed by atoms with Crippen molar-refractivity contribution in [2.45, 2.75) is 19.9 Å². The van der Waals surface area contributed by atoms with E-state index in [-0.39, 0.29) is 24.4 Å². The molecule has 0 aliphatic carbocycles. The van der Waals surface area contributed by atoms with Gasteiger partial charge in [0.25, 0.3) is 5.91 Å². The lowest BCUT2D eigenvalue weighted by molar-refractivity contribution is -0.121. The summed E-state index contributed by atoms with van der Waals surface area (Å²) in [4.78, 5) is 25.2. The van der Waals surface area contributed by atoms with E-state index >= 15 is 0 Å². The van der Waals surface area contributed by atoms with Gasteiger partial charge >= 0.3 is 0 Å². The fourth-order valence-electron chi connectivity index (χ4n) is 2.01. The topological polar surface area (TPSA) is 49.4 Å². The van der Waals surface area contributed by atoms with Gasteiger partial charge in [0.05, 0.1) is 0 Å². The molecule has 1 aromatic carbocycles. The standard InChI is InChI=1S/C14H16N2O2/c1-9(2)15-13(17)8-16-10(3)11-6-4-5-7-12(11)14(16)18/h4-7,9H,3,8H2,1-2H3,(H,15,17). The first-order valence-corrected chi connectivity index (χ1v) is 5.90. The molecule has 0 spiro atoms. The van der Waals surface area contributed by atoms with Crippen molar-refractivity contribution in [2.75, 3.05) is 6.54 Å². The number of amides is 2. The number of fused-ring (bicyclic) bond motifs is 1. The molecule has 0 unspecified atom stereocenters. The fourth-order valence-corrected chi connectivity index (χ4v) is 2.01. The SMILES string of the molecule is C=C1c2ccccc2C(=O)N1CC(=O)NC(C)C. The molecule has 0 aromatic heterocycles. The maximum Gasteiger partial charge on any atom is 0.259 e. The lowest BCUT2D eigenvalue weighted by Gasteiger charge is -2.17. The van der Waals surface area contributed by atoms with E-state index in [1.807, 2.05) is 32.0 Å². The van der Waals surface area contributed by atoms with Gasteiger partial charge in [-0.2, -0.15) is 0 Å². The van der Waals surface area contributed by atoms with E-state index in [1.54, 1.807) is 6.07 Å². The quantitative estimate of drug-likeness (QED) is 0.878. The number of nitrogens with zero attached hydrogens (tertiary/aromatic N) is 1. The van der Waals surface area contributed by atoms with Gasteiger partial charge in [-0.05, 0) is 19.9 Å². The van der Waals surface area contributed by atoms with Crippen molar-refractivity contribution in [1.82, 2.24) is 10.2 Å². The highest BCUT2D eigenvalue weighted by Crippen LogP contribution is 2.30. The summed E-state index contributed by atoms with van der Waals surface area (Å²) in [5.74, 6) is -0.332. The van der Waals surface area contributed by atoms with Gasteiger partial charge in [-0.25, -0.2) is 0 Å². The van der Waals surface area contributed by atoms with E-state index < -0.39 is 0 Å². The van der Waals surface area contributed by atoms with Gasteiger partial charge in [0.15, 0.2) is 0 Å². The lowest BCUT2D eigenvalue weighted by Crippen LogP contribution is -2.39. The molecular weight excluding hydrogens is 228 g/mol. The molecule has 1 aliphatic heterocycles. The van der Waals surface area contributed by atoms with Crippen LogP contribution in [0.3, 0.4) is 0 Å². The van der Waals surface area contributed by atoms with Gasteiger partial charge in [0, 0.05) is 22.9 Å².